The van der Waals surface area contributed by atoms with Crippen LogP contribution in [0.5, 0.6) is 5.75 Å². The van der Waals surface area contributed by atoms with E-state index in [2.05, 4.69) is 26.0 Å². The Kier molecular flexibility index (Phi) is 8.49. The number of hydrogen-bond donors (Lipinski definition) is 3. The monoisotopic (exact) mass is 411 g/mol. The molecular formula is C21H25N5O4. The van der Waals surface area contributed by atoms with E-state index in [0.717, 1.165) is 5.56 Å². The first kappa shape index (κ1) is 22.5. The van der Waals surface area contributed by atoms with Crippen molar-refractivity contribution < 1.29 is 19.5 Å². The summed E-state index contributed by atoms with van der Waals surface area (Å²) < 4.78 is 0. The molecule has 30 heavy (non-hydrogen) atoms. The maximum absolute atomic E-state index is 12.0. The van der Waals surface area contributed by atoms with E-state index in [9.17, 15) is 14.7 Å². The SMILES string of the molecule is CCON=Cc1ccc(N=Nc2cc(CC(NC(C)=O)C(=O)NC)ccc2O)cc1. The first-order valence-corrected chi connectivity index (χ1v) is 9.40. The Morgan fingerprint density at radius 1 is 1.17 bits per heavy atom. The fourth-order valence-electron chi connectivity index (χ4n) is 2.55. The molecule has 2 amide bonds. The van der Waals surface area contributed by atoms with Crippen molar-refractivity contribution in [2.75, 3.05) is 13.7 Å². The lowest BCUT2D eigenvalue weighted by molar-refractivity contribution is -0.127. The average molecular weight is 411 g/mol. The molecule has 0 aromatic heterocycles. The summed E-state index contributed by atoms with van der Waals surface area (Å²) in [6.07, 6.45) is 1.84. The van der Waals surface area contributed by atoms with E-state index >= 15 is 0 Å². The molecule has 3 N–H and O–H groups in total. The summed E-state index contributed by atoms with van der Waals surface area (Å²) in [5.41, 5.74) is 2.42. The fraction of sp³-hybridized carbons (Fsp3) is 0.286. The second-order valence-electron chi connectivity index (χ2n) is 6.34. The summed E-state index contributed by atoms with van der Waals surface area (Å²) in [7, 11) is 1.50. The van der Waals surface area contributed by atoms with Gasteiger partial charge in [0.25, 0.3) is 0 Å². The Bertz CT molecular complexity index is 925. The van der Waals surface area contributed by atoms with Gasteiger partial charge in [-0.25, -0.2) is 0 Å². The third kappa shape index (κ3) is 7.01. The van der Waals surface area contributed by atoms with Crippen LogP contribution in [0, 0.1) is 0 Å². The van der Waals surface area contributed by atoms with Crippen LogP contribution < -0.4 is 10.6 Å². The minimum atomic E-state index is -0.729. The Hall–Kier alpha value is -3.75. The van der Waals surface area contributed by atoms with Crippen LogP contribution in [-0.4, -0.2) is 42.8 Å². The zero-order valence-corrected chi connectivity index (χ0v) is 17.1. The van der Waals surface area contributed by atoms with Crippen molar-refractivity contribution in [2.45, 2.75) is 26.3 Å². The van der Waals surface area contributed by atoms with Gasteiger partial charge >= 0.3 is 0 Å². The number of phenolic OH excluding ortho intramolecular Hbond substituents is 1. The number of aromatic hydroxyl groups is 1. The van der Waals surface area contributed by atoms with Crippen LogP contribution in [0.4, 0.5) is 11.4 Å². The summed E-state index contributed by atoms with van der Waals surface area (Å²) in [6.45, 7) is 3.70. The van der Waals surface area contributed by atoms with Gasteiger partial charge in [-0.1, -0.05) is 23.4 Å². The molecule has 0 spiro atoms. The fourth-order valence-corrected chi connectivity index (χ4v) is 2.55. The molecular weight excluding hydrogens is 386 g/mol. The van der Waals surface area contributed by atoms with E-state index in [4.69, 9.17) is 4.84 Å². The Balaban J connectivity index is 2.14. The third-order valence-corrected chi connectivity index (χ3v) is 3.99. The van der Waals surface area contributed by atoms with Gasteiger partial charge in [-0.15, -0.1) is 5.11 Å². The minimum absolute atomic E-state index is 0.0426. The first-order valence-electron chi connectivity index (χ1n) is 9.40. The predicted octanol–water partition coefficient (Wildman–Crippen LogP) is 2.97. The summed E-state index contributed by atoms with van der Waals surface area (Å²) in [4.78, 5) is 28.3. The average Bonchev–Trinajstić information content (AvgIpc) is 2.73. The number of azo groups is 1. The molecule has 0 aliphatic carbocycles. The number of hydrogen-bond acceptors (Lipinski definition) is 7. The molecule has 2 rings (SSSR count). The third-order valence-electron chi connectivity index (χ3n) is 3.99. The number of carbonyl (C=O) groups is 2. The van der Waals surface area contributed by atoms with E-state index in [0.29, 0.717) is 17.9 Å². The van der Waals surface area contributed by atoms with Crippen LogP contribution >= 0.6 is 0 Å². The van der Waals surface area contributed by atoms with Crippen molar-refractivity contribution in [1.29, 1.82) is 0 Å². The molecule has 0 bridgehead atoms. The van der Waals surface area contributed by atoms with Gasteiger partial charge in [-0.05, 0) is 42.3 Å². The van der Waals surface area contributed by atoms with Crippen molar-refractivity contribution in [3.05, 3.63) is 53.6 Å². The minimum Gasteiger partial charge on any atom is -0.506 e. The molecule has 0 radical (unpaired) electrons. The maximum Gasteiger partial charge on any atom is 0.242 e. The lowest BCUT2D eigenvalue weighted by Crippen LogP contribution is -2.46. The van der Waals surface area contributed by atoms with Crippen LogP contribution in [0.2, 0.25) is 0 Å². The highest BCUT2D eigenvalue weighted by molar-refractivity contribution is 5.87. The molecule has 0 saturated carbocycles. The van der Waals surface area contributed by atoms with Gasteiger partial charge in [0.05, 0.1) is 11.9 Å². The lowest BCUT2D eigenvalue weighted by atomic mass is 10.0. The van der Waals surface area contributed by atoms with Crippen LogP contribution in [0.3, 0.4) is 0 Å². The number of carbonyl (C=O) groups excluding carboxylic acids is 2. The zero-order valence-electron chi connectivity index (χ0n) is 17.1. The normalized spacial score (nSPS) is 12.1. The molecule has 2 aromatic rings. The van der Waals surface area contributed by atoms with Crippen molar-refractivity contribution in [2.24, 2.45) is 15.4 Å². The molecule has 0 fully saturated rings. The molecule has 0 aliphatic rings. The number of rotatable bonds is 9. The number of nitrogens with zero attached hydrogens (tertiary/aromatic N) is 3. The van der Waals surface area contributed by atoms with Gasteiger partial charge in [0.2, 0.25) is 11.8 Å². The first-order chi connectivity index (χ1) is 14.4. The number of benzene rings is 2. The van der Waals surface area contributed by atoms with E-state index < -0.39 is 6.04 Å². The molecule has 0 saturated heterocycles. The van der Waals surface area contributed by atoms with Gasteiger partial charge in [0, 0.05) is 20.4 Å². The quantitative estimate of drug-likeness (QED) is 0.333. The number of amides is 2. The van der Waals surface area contributed by atoms with Gasteiger partial charge in [0.15, 0.2) is 0 Å². The second kappa shape index (κ2) is 11.3. The van der Waals surface area contributed by atoms with Gasteiger partial charge in [-0.2, -0.15) is 5.11 Å². The maximum atomic E-state index is 12.0. The second-order valence-corrected chi connectivity index (χ2v) is 6.34. The van der Waals surface area contributed by atoms with E-state index in [1.165, 1.54) is 20.0 Å². The largest absolute Gasteiger partial charge is 0.506 e. The number of likely N-dealkylation sites (N-methyl/N-ethyl adjacent to an activating group) is 1. The molecule has 0 aliphatic heterocycles. The van der Waals surface area contributed by atoms with Crippen molar-refractivity contribution >= 4 is 29.4 Å². The summed E-state index contributed by atoms with van der Waals surface area (Å²) >= 11 is 0. The molecule has 1 atom stereocenters. The van der Waals surface area contributed by atoms with Crippen LogP contribution in [0.25, 0.3) is 0 Å². The molecule has 0 heterocycles. The highest BCUT2D eigenvalue weighted by Gasteiger charge is 2.19. The molecule has 9 heteroatoms. The highest BCUT2D eigenvalue weighted by Crippen LogP contribution is 2.29. The molecule has 158 valence electrons. The van der Waals surface area contributed by atoms with Gasteiger partial charge < -0.3 is 20.6 Å². The Morgan fingerprint density at radius 3 is 2.53 bits per heavy atom. The van der Waals surface area contributed by atoms with Gasteiger partial charge in [-0.3, -0.25) is 9.59 Å². The summed E-state index contributed by atoms with van der Waals surface area (Å²) in [5.74, 6) is -0.662. The summed E-state index contributed by atoms with van der Waals surface area (Å²) in [6, 6.07) is 11.2. The van der Waals surface area contributed by atoms with E-state index in [-0.39, 0.29) is 29.7 Å². The molecule has 2 aromatic carbocycles. The number of oxime groups is 1. The van der Waals surface area contributed by atoms with Gasteiger partial charge in [0.1, 0.15) is 24.1 Å². The molecule has 9 nitrogen and oxygen atoms in total. The van der Waals surface area contributed by atoms with E-state index in [1.807, 2.05) is 19.1 Å². The van der Waals surface area contributed by atoms with Crippen LogP contribution in [0.1, 0.15) is 25.0 Å². The molecule has 1 unspecified atom stereocenters. The van der Waals surface area contributed by atoms with Crippen LogP contribution in [0.15, 0.2) is 57.8 Å². The highest BCUT2D eigenvalue weighted by atomic mass is 16.6. The number of phenols is 1. The Labute approximate surface area is 174 Å². The summed E-state index contributed by atoms with van der Waals surface area (Å²) in [5, 5.41) is 27.2. The van der Waals surface area contributed by atoms with Crippen molar-refractivity contribution in [3.63, 3.8) is 0 Å². The lowest BCUT2D eigenvalue weighted by Gasteiger charge is -2.16. The predicted molar refractivity (Wildman–Crippen MR) is 113 cm³/mol. The topological polar surface area (TPSA) is 125 Å². The number of nitrogens with one attached hydrogen (secondary N) is 2. The van der Waals surface area contributed by atoms with Crippen LogP contribution in [-0.2, 0) is 20.8 Å². The Morgan fingerprint density at radius 2 is 1.90 bits per heavy atom. The van der Waals surface area contributed by atoms with Crippen molar-refractivity contribution in [1.82, 2.24) is 10.6 Å². The van der Waals surface area contributed by atoms with E-state index in [1.54, 1.807) is 30.5 Å². The smallest absolute Gasteiger partial charge is 0.242 e. The standard InChI is InChI=1S/C21H25N5O4/c1-4-30-23-13-15-5-8-17(9-6-15)25-26-18-11-16(7-10-20(18)28)12-19(21(29)22-3)24-14(2)27/h5-11,13,19,28H,4,12H2,1-3H3,(H,22,29)(H,24,27). The zero-order chi connectivity index (χ0) is 21.9. The van der Waals surface area contributed by atoms with Crippen molar-refractivity contribution in [3.8, 4) is 5.75 Å².